The molecule has 0 fully saturated rings. The molecule has 0 aliphatic carbocycles. The highest BCUT2D eigenvalue weighted by atomic mass is 19.1. The zero-order valence-corrected chi connectivity index (χ0v) is 17.7. The van der Waals surface area contributed by atoms with Crippen LogP contribution in [0.15, 0.2) is 78.4 Å². The van der Waals surface area contributed by atoms with Crippen molar-refractivity contribution in [2.45, 2.75) is 0 Å². The number of amides is 2. The molecule has 8 heteroatoms. The van der Waals surface area contributed by atoms with Gasteiger partial charge in [-0.1, -0.05) is 12.1 Å². The lowest BCUT2D eigenvalue weighted by molar-refractivity contribution is -0.118. The molecule has 3 aromatic carbocycles. The molecule has 2 amide bonds. The number of nitrogens with one attached hydrogen (secondary N) is 2. The van der Waals surface area contributed by atoms with Crippen LogP contribution in [-0.2, 0) is 9.59 Å². The van der Waals surface area contributed by atoms with Crippen LogP contribution >= 0.6 is 0 Å². The monoisotopic (exact) mass is 445 g/mol. The van der Waals surface area contributed by atoms with Crippen molar-refractivity contribution in [3.8, 4) is 17.6 Å². The van der Waals surface area contributed by atoms with Gasteiger partial charge in [-0.2, -0.15) is 5.26 Å². The van der Waals surface area contributed by atoms with Crippen molar-refractivity contribution in [1.82, 2.24) is 0 Å². The Morgan fingerprint density at radius 2 is 1.64 bits per heavy atom. The summed E-state index contributed by atoms with van der Waals surface area (Å²) in [6, 6.07) is 20.6. The van der Waals surface area contributed by atoms with Crippen molar-refractivity contribution in [2.75, 3.05) is 24.4 Å². The van der Waals surface area contributed by atoms with E-state index in [1.54, 1.807) is 55.6 Å². The van der Waals surface area contributed by atoms with Gasteiger partial charge in [0.15, 0.2) is 6.61 Å². The summed E-state index contributed by atoms with van der Waals surface area (Å²) in [5, 5.41) is 14.7. The molecule has 166 valence electrons. The molecule has 7 nitrogen and oxygen atoms in total. The molecular formula is C25H20FN3O4. The molecule has 0 radical (unpaired) electrons. The maximum Gasteiger partial charge on any atom is 0.266 e. The lowest BCUT2D eigenvalue weighted by atomic mass is 10.1. The first-order chi connectivity index (χ1) is 16.0. The molecule has 0 aromatic heterocycles. The van der Waals surface area contributed by atoms with Gasteiger partial charge in [0.1, 0.15) is 29.0 Å². The van der Waals surface area contributed by atoms with Gasteiger partial charge in [0.05, 0.1) is 7.11 Å². The van der Waals surface area contributed by atoms with E-state index in [4.69, 9.17) is 9.47 Å². The Morgan fingerprint density at radius 1 is 0.970 bits per heavy atom. The van der Waals surface area contributed by atoms with E-state index >= 15 is 0 Å². The molecule has 0 aliphatic rings. The third-order valence-corrected chi connectivity index (χ3v) is 4.38. The fraction of sp³-hybridized carbons (Fsp3) is 0.0800. The van der Waals surface area contributed by atoms with Gasteiger partial charge in [-0.25, -0.2) is 4.39 Å². The van der Waals surface area contributed by atoms with Crippen molar-refractivity contribution in [2.24, 2.45) is 0 Å². The SMILES string of the molecule is COc1ccc(NC(=O)C(C#N)=Cc2cccc(OCC(=O)Nc3ccc(F)cc3)c2)cc1. The zero-order chi connectivity index (χ0) is 23.6. The number of hydrogen-bond acceptors (Lipinski definition) is 5. The summed E-state index contributed by atoms with van der Waals surface area (Å²) in [5.41, 5.74) is 1.42. The number of carbonyl (C=O) groups excluding carboxylic acids is 2. The number of nitriles is 1. The van der Waals surface area contributed by atoms with Gasteiger partial charge in [-0.05, 0) is 72.3 Å². The summed E-state index contributed by atoms with van der Waals surface area (Å²) < 4.78 is 23.5. The topological polar surface area (TPSA) is 100 Å². The van der Waals surface area contributed by atoms with E-state index in [-0.39, 0.29) is 12.2 Å². The Bertz CT molecular complexity index is 1200. The number of benzene rings is 3. The third kappa shape index (κ3) is 6.94. The Morgan fingerprint density at radius 3 is 2.30 bits per heavy atom. The first-order valence-corrected chi connectivity index (χ1v) is 9.82. The van der Waals surface area contributed by atoms with E-state index in [1.807, 2.05) is 6.07 Å². The molecule has 0 heterocycles. The molecule has 3 aromatic rings. The molecule has 0 atom stereocenters. The Balaban J connectivity index is 1.61. The predicted octanol–water partition coefficient (Wildman–Crippen LogP) is 4.40. The Labute approximate surface area is 190 Å². The number of halogens is 1. The molecule has 0 bridgehead atoms. The van der Waals surface area contributed by atoms with Crippen LogP contribution in [0.25, 0.3) is 6.08 Å². The van der Waals surface area contributed by atoms with Gasteiger partial charge in [0, 0.05) is 11.4 Å². The van der Waals surface area contributed by atoms with Crippen LogP contribution in [0.2, 0.25) is 0 Å². The summed E-state index contributed by atoms with van der Waals surface area (Å²) in [7, 11) is 1.54. The molecule has 0 spiro atoms. The average molecular weight is 445 g/mol. The smallest absolute Gasteiger partial charge is 0.266 e. The second kappa shape index (κ2) is 11.1. The first-order valence-electron chi connectivity index (χ1n) is 9.82. The second-order valence-corrected chi connectivity index (χ2v) is 6.77. The van der Waals surface area contributed by atoms with Crippen LogP contribution < -0.4 is 20.1 Å². The van der Waals surface area contributed by atoms with E-state index in [9.17, 15) is 19.2 Å². The quantitative estimate of drug-likeness (QED) is 0.395. The standard InChI is InChI=1S/C25H20FN3O4/c1-32-22-11-9-21(10-12-22)29-25(31)18(15-27)13-17-3-2-4-23(14-17)33-16-24(30)28-20-7-5-19(26)6-8-20/h2-14H,16H2,1H3,(H,28,30)(H,29,31). The number of ether oxygens (including phenoxy) is 2. The van der Waals surface area contributed by atoms with Crippen molar-refractivity contribution < 1.29 is 23.5 Å². The molecule has 0 saturated carbocycles. The minimum absolute atomic E-state index is 0.1000. The van der Waals surface area contributed by atoms with Crippen molar-refractivity contribution in [3.63, 3.8) is 0 Å². The second-order valence-electron chi connectivity index (χ2n) is 6.77. The molecule has 0 saturated heterocycles. The fourth-order valence-electron chi connectivity index (χ4n) is 2.76. The first kappa shape index (κ1) is 23.0. The maximum absolute atomic E-state index is 12.9. The zero-order valence-electron chi connectivity index (χ0n) is 17.7. The lowest BCUT2D eigenvalue weighted by Gasteiger charge is -2.08. The predicted molar refractivity (Wildman–Crippen MR) is 122 cm³/mol. The number of hydrogen-bond donors (Lipinski definition) is 2. The van der Waals surface area contributed by atoms with Gasteiger partial charge in [0.2, 0.25) is 0 Å². The van der Waals surface area contributed by atoms with E-state index in [0.717, 1.165) is 0 Å². The highest BCUT2D eigenvalue weighted by molar-refractivity contribution is 6.09. The minimum Gasteiger partial charge on any atom is -0.497 e. The number of methoxy groups -OCH3 is 1. The van der Waals surface area contributed by atoms with Crippen LogP contribution in [-0.4, -0.2) is 25.5 Å². The number of rotatable bonds is 8. The van der Waals surface area contributed by atoms with Crippen LogP contribution in [0, 0.1) is 17.1 Å². The third-order valence-electron chi connectivity index (χ3n) is 4.38. The largest absolute Gasteiger partial charge is 0.497 e. The molecule has 2 N–H and O–H groups in total. The summed E-state index contributed by atoms with van der Waals surface area (Å²) in [6.07, 6.45) is 1.42. The summed E-state index contributed by atoms with van der Waals surface area (Å²) in [4.78, 5) is 24.5. The van der Waals surface area contributed by atoms with Gasteiger partial charge < -0.3 is 20.1 Å². The molecule has 0 unspecified atom stereocenters. The van der Waals surface area contributed by atoms with Crippen molar-refractivity contribution in [1.29, 1.82) is 5.26 Å². The van der Waals surface area contributed by atoms with Gasteiger partial charge >= 0.3 is 0 Å². The minimum atomic E-state index is -0.562. The van der Waals surface area contributed by atoms with Crippen molar-refractivity contribution >= 4 is 29.3 Å². The number of nitrogens with zero attached hydrogens (tertiary/aromatic N) is 1. The Hall–Kier alpha value is -4.64. The van der Waals surface area contributed by atoms with Gasteiger partial charge in [-0.15, -0.1) is 0 Å². The number of anilines is 2. The van der Waals surface area contributed by atoms with Crippen molar-refractivity contribution in [3.05, 3.63) is 89.8 Å². The van der Waals surface area contributed by atoms with E-state index < -0.39 is 17.6 Å². The van der Waals surface area contributed by atoms with E-state index in [0.29, 0.717) is 28.4 Å². The summed E-state index contributed by atoms with van der Waals surface area (Å²) in [5.74, 6) is -0.353. The van der Waals surface area contributed by atoms with E-state index in [2.05, 4.69) is 10.6 Å². The van der Waals surface area contributed by atoms with Gasteiger partial charge in [-0.3, -0.25) is 9.59 Å². The van der Waals surface area contributed by atoms with E-state index in [1.165, 1.54) is 30.3 Å². The molecular weight excluding hydrogens is 425 g/mol. The molecule has 3 rings (SSSR count). The van der Waals surface area contributed by atoms with Crippen LogP contribution in [0.4, 0.5) is 15.8 Å². The lowest BCUT2D eigenvalue weighted by Crippen LogP contribution is -2.20. The molecule has 33 heavy (non-hydrogen) atoms. The van der Waals surface area contributed by atoms with Crippen LogP contribution in [0.5, 0.6) is 11.5 Å². The summed E-state index contributed by atoms with van der Waals surface area (Å²) in [6.45, 7) is -0.270. The van der Waals surface area contributed by atoms with Crippen LogP contribution in [0.1, 0.15) is 5.56 Å². The van der Waals surface area contributed by atoms with Crippen LogP contribution in [0.3, 0.4) is 0 Å². The normalized spacial score (nSPS) is 10.6. The highest BCUT2D eigenvalue weighted by Gasteiger charge is 2.10. The van der Waals surface area contributed by atoms with Gasteiger partial charge in [0.25, 0.3) is 11.8 Å². The number of carbonyl (C=O) groups is 2. The fourth-order valence-corrected chi connectivity index (χ4v) is 2.76. The highest BCUT2D eigenvalue weighted by Crippen LogP contribution is 2.18. The molecule has 0 aliphatic heterocycles. The average Bonchev–Trinajstić information content (AvgIpc) is 2.83. The summed E-state index contributed by atoms with van der Waals surface area (Å²) >= 11 is 0. The Kier molecular flexibility index (Phi) is 7.76. The maximum atomic E-state index is 12.9.